The molecule has 1 aromatic carbocycles. The molecule has 1 atom stereocenters. The fourth-order valence-electron chi connectivity index (χ4n) is 1.15. The van der Waals surface area contributed by atoms with Gasteiger partial charge in [-0.15, -0.1) is 0 Å². The average molecular weight is 279 g/mol. The van der Waals surface area contributed by atoms with Crippen molar-refractivity contribution >= 4 is 27.7 Å². The molecule has 0 fully saturated rings. The Bertz CT molecular complexity index is 306. The molecular formula is C10H12BrFOS. The minimum Gasteiger partial charge on any atom is -0.388 e. The molecule has 1 nitrogen and oxygen atoms in total. The number of thioether (sulfide) groups is 1. The fraction of sp³-hybridized carbons (Fsp3) is 0.400. The topological polar surface area (TPSA) is 20.2 Å². The molecule has 1 unspecified atom stereocenters. The first-order valence-electron chi connectivity index (χ1n) is 4.27. The second kappa shape index (κ2) is 5.73. The predicted molar refractivity (Wildman–Crippen MR) is 62.1 cm³/mol. The summed E-state index contributed by atoms with van der Waals surface area (Å²) in [5.74, 6) is 0.481. The largest absolute Gasteiger partial charge is 0.388 e. The van der Waals surface area contributed by atoms with Crippen LogP contribution in [-0.4, -0.2) is 17.1 Å². The lowest BCUT2D eigenvalue weighted by atomic mass is 10.1. The smallest absolute Gasteiger partial charge is 0.129 e. The molecule has 0 aliphatic heterocycles. The highest BCUT2D eigenvalue weighted by Crippen LogP contribution is 2.24. The van der Waals surface area contributed by atoms with Crippen LogP contribution >= 0.6 is 27.7 Å². The van der Waals surface area contributed by atoms with Crippen LogP contribution in [0.4, 0.5) is 4.39 Å². The molecule has 0 amide bonds. The van der Waals surface area contributed by atoms with E-state index in [4.69, 9.17) is 0 Å². The normalized spacial score (nSPS) is 12.9. The van der Waals surface area contributed by atoms with Gasteiger partial charge in [-0.25, -0.2) is 4.39 Å². The van der Waals surface area contributed by atoms with Crippen molar-refractivity contribution in [3.05, 3.63) is 34.1 Å². The number of aliphatic hydroxyl groups excluding tert-OH is 1. The van der Waals surface area contributed by atoms with Crippen LogP contribution in [0.5, 0.6) is 0 Å². The van der Waals surface area contributed by atoms with E-state index in [9.17, 15) is 9.50 Å². The zero-order chi connectivity index (χ0) is 10.6. The summed E-state index contributed by atoms with van der Waals surface area (Å²) in [7, 11) is 0. The first-order chi connectivity index (χ1) is 6.65. The van der Waals surface area contributed by atoms with Crippen molar-refractivity contribution in [2.24, 2.45) is 0 Å². The first-order valence-corrected chi connectivity index (χ1v) is 6.45. The van der Waals surface area contributed by atoms with Crippen molar-refractivity contribution in [2.45, 2.75) is 12.5 Å². The maximum atomic E-state index is 13.3. The minimum absolute atomic E-state index is 0.346. The highest BCUT2D eigenvalue weighted by Gasteiger charge is 2.12. The molecule has 0 saturated heterocycles. The molecule has 0 aliphatic rings. The molecule has 0 radical (unpaired) electrons. The summed E-state index contributed by atoms with van der Waals surface area (Å²) in [5.41, 5.74) is 0.369. The van der Waals surface area contributed by atoms with Crippen LogP contribution in [0.15, 0.2) is 22.7 Å². The van der Waals surface area contributed by atoms with E-state index in [1.54, 1.807) is 23.9 Å². The monoisotopic (exact) mass is 278 g/mol. The molecular weight excluding hydrogens is 267 g/mol. The van der Waals surface area contributed by atoms with Gasteiger partial charge in [0.1, 0.15) is 5.82 Å². The van der Waals surface area contributed by atoms with Crippen molar-refractivity contribution < 1.29 is 9.50 Å². The van der Waals surface area contributed by atoms with E-state index in [-0.39, 0.29) is 5.82 Å². The Morgan fingerprint density at radius 1 is 1.57 bits per heavy atom. The van der Waals surface area contributed by atoms with E-state index in [0.717, 1.165) is 10.2 Å². The Labute approximate surface area is 95.8 Å². The standard InChI is InChI=1S/C10H12BrFOS/c1-14-5-4-10(13)8-6-7(11)2-3-9(8)12/h2-3,6,10,13H,4-5H2,1H3. The van der Waals surface area contributed by atoms with Crippen molar-refractivity contribution in [3.63, 3.8) is 0 Å². The van der Waals surface area contributed by atoms with E-state index < -0.39 is 6.10 Å². The van der Waals surface area contributed by atoms with Gasteiger partial charge in [0.25, 0.3) is 0 Å². The van der Waals surface area contributed by atoms with Gasteiger partial charge < -0.3 is 5.11 Å². The third kappa shape index (κ3) is 3.26. The molecule has 0 aromatic heterocycles. The molecule has 0 bridgehead atoms. The predicted octanol–water partition coefficient (Wildman–Crippen LogP) is 3.37. The molecule has 0 spiro atoms. The Morgan fingerprint density at radius 2 is 2.29 bits per heavy atom. The minimum atomic E-state index is -0.708. The van der Waals surface area contributed by atoms with E-state index in [0.29, 0.717) is 12.0 Å². The van der Waals surface area contributed by atoms with E-state index in [2.05, 4.69) is 15.9 Å². The van der Waals surface area contributed by atoms with Gasteiger partial charge >= 0.3 is 0 Å². The highest BCUT2D eigenvalue weighted by atomic mass is 79.9. The molecule has 1 N–H and O–H groups in total. The average Bonchev–Trinajstić information content (AvgIpc) is 2.18. The highest BCUT2D eigenvalue weighted by molar-refractivity contribution is 9.10. The number of halogens is 2. The SMILES string of the molecule is CSCCC(O)c1cc(Br)ccc1F. The van der Waals surface area contributed by atoms with Crippen molar-refractivity contribution in [2.75, 3.05) is 12.0 Å². The van der Waals surface area contributed by atoms with Crippen LogP contribution in [-0.2, 0) is 0 Å². The summed E-state index contributed by atoms with van der Waals surface area (Å²) in [5, 5.41) is 9.68. The molecule has 1 rings (SSSR count). The number of benzene rings is 1. The maximum Gasteiger partial charge on any atom is 0.129 e. The van der Waals surface area contributed by atoms with Gasteiger partial charge in [0.15, 0.2) is 0 Å². The molecule has 0 heterocycles. The lowest BCUT2D eigenvalue weighted by Crippen LogP contribution is -2.01. The van der Waals surface area contributed by atoms with Gasteiger partial charge in [0.2, 0.25) is 0 Å². The first kappa shape index (κ1) is 12.0. The van der Waals surface area contributed by atoms with E-state index >= 15 is 0 Å². The van der Waals surface area contributed by atoms with Crippen molar-refractivity contribution in [3.8, 4) is 0 Å². The summed E-state index contributed by atoms with van der Waals surface area (Å²) >= 11 is 4.89. The Kier molecular flexibility index (Phi) is 4.92. The summed E-state index contributed by atoms with van der Waals surface area (Å²) in [6, 6.07) is 4.61. The molecule has 14 heavy (non-hydrogen) atoms. The second-order valence-corrected chi connectivity index (χ2v) is 4.86. The Balaban J connectivity index is 2.77. The van der Waals surface area contributed by atoms with Crippen molar-refractivity contribution in [1.82, 2.24) is 0 Å². The van der Waals surface area contributed by atoms with Gasteiger partial charge in [0, 0.05) is 10.0 Å². The van der Waals surface area contributed by atoms with Crippen LogP contribution < -0.4 is 0 Å². The van der Waals surface area contributed by atoms with Gasteiger partial charge in [-0.05, 0) is 36.6 Å². The van der Waals surface area contributed by atoms with Crippen LogP contribution in [0, 0.1) is 5.82 Å². The number of hydrogen-bond acceptors (Lipinski definition) is 2. The third-order valence-electron chi connectivity index (χ3n) is 1.91. The van der Waals surface area contributed by atoms with Crippen molar-refractivity contribution in [1.29, 1.82) is 0 Å². The zero-order valence-corrected chi connectivity index (χ0v) is 10.2. The van der Waals surface area contributed by atoms with Crippen LogP contribution in [0.2, 0.25) is 0 Å². The zero-order valence-electron chi connectivity index (χ0n) is 7.84. The Morgan fingerprint density at radius 3 is 2.93 bits per heavy atom. The summed E-state index contributed by atoms with van der Waals surface area (Å²) in [6.07, 6.45) is 1.83. The quantitative estimate of drug-likeness (QED) is 0.911. The lowest BCUT2D eigenvalue weighted by molar-refractivity contribution is 0.170. The van der Waals surface area contributed by atoms with Gasteiger partial charge in [-0.1, -0.05) is 15.9 Å². The van der Waals surface area contributed by atoms with Gasteiger partial charge in [0.05, 0.1) is 6.10 Å². The van der Waals surface area contributed by atoms with E-state index in [1.807, 2.05) is 6.26 Å². The number of hydrogen-bond donors (Lipinski definition) is 1. The number of aliphatic hydroxyl groups is 1. The van der Waals surface area contributed by atoms with Crippen LogP contribution in [0.25, 0.3) is 0 Å². The molecule has 4 heteroatoms. The van der Waals surface area contributed by atoms with E-state index in [1.165, 1.54) is 6.07 Å². The van der Waals surface area contributed by atoms with Crippen LogP contribution in [0.1, 0.15) is 18.1 Å². The van der Waals surface area contributed by atoms with Gasteiger partial charge in [-0.2, -0.15) is 11.8 Å². The summed E-state index contributed by atoms with van der Waals surface area (Å²) in [6.45, 7) is 0. The molecule has 1 aromatic rings. The Hall–Kier alpha value is -0.0600. The lowest BCUT2D eigenvalue weighted by Gasteiger charge is -2.11. The summed E-state index contributed by atoms with van der Waals surface area (Å²) in [4.78, 5) is 0. The summed E-state index contributed by atoms with van der Waals surface area (Å²) < 4.78 is 14.0. The van der Waals surface area contributed by atoms with Gasteiger partial charge in [-0.3, -0.25) is 0 Å². The second-order valence-electron chi connectivity index (χ2n) is 2.96. The number of rotatable bonds is 4. The fourth-order valence-corrected chi connectivity index (χ4v) is 1.99. The molecule has 78 valence electrons. The third-order valence-corrected chi connectivity index (χ3v) is 3.05. The maximum absolute atomic E-state index is 13.3. The van der Waals surface area contributed by atoms with Crippen LogP contribution in [0.3, 0.4) is 0 Å². The molecule has 0 saturated carbocycles. The molecule has 0 aliphatic carbocycles.